The van der Waals surface area contributed by atoms with Crippen LogP contribution in [0.25, 0.3) is 0 Å². The first kappa shape index (κ1) is 14.6. The fourth-order valence-corrected chi connectivity index (χ4v) is 2.11. The van der Waals surface area contributed by atoms with E-state index in [1.165, 1.54) is 0 Å². The molecule has 0 bridgehead atoms. The topological polar surface area (TPSA) is 56.9 Å². The van der Waals surface area contributed by atoms with E-state index in [1.54, 1.807) is 7.11 Å². The van der Waals surface area contributed by atoms with Gasteiger partial charge in [0.2, 0.25) is 5.95 Å². The van der Waals surface area contributed by atoms with Crippen molar-refractivity contribution in [2.24, 2.45) is 0 Å². The summed E-state index contributed by atoms with van der Waals surface area (Å²) < 4.78 is 9.17. The van der Waals surface area contributed by atoms with E-state index < -0.39 is 0 Å². The molecule has 0 aliphatic rings. The molecule has 0 atom stereocenters. The molecule has 0 amide bonds. The van der Waals surface area contributed by atoms with Gasteiger partial charge < -0.3 is 14.6 Å². The van der Waals surface area contributed by atoms with Crippen LogP contribution in [0.15, 0.2) is 24.7 Å². The molecule has 20 heavy (non-hydrogen) atoms. The van der Waals surface area contributed by atoms with E-state index in [-0.39, 0.29) is 0 Å². The highest BCUT2D eigenvalue weighted by molar-refractivity contribution is 5.28. The average Bonchev–Trinajstić information content (AvgIpc) is 3.05. The first-order valence-electron chi connectivity index (χ1n) is 7.03. The Morgan fingerprint density at radius 3 is 2.95 bits per heavy atom. The number of imidazole rings is 1. The van der Waals surface area contributed by atoms with Crippen LogP contribution in [0, 0.1) is 6.92 Å². The van der Waals surface area contributed by atoms with Crippen LogP contribution in [0.3, 0.4) is 0 Å². The smallest absolute Gasteiger partial charge is 0.203 e. The Labute approximate surface area is 119 Å². The van der Waals surface area contributed by atoms with Gasteiger partial charge in [-0.1, -0.05) is 0 Å². The molecule has 0 unspecified atom stereocenters. The molecule has 0 aliphatic heterocycles. The molecule has 2 rings (SSSR count). The summed E-state index contributed by atoms with van der Waals surface area (Å²) in [4.78, 5) is 4.51. The van der Waals surface area contributed by atoms with Crippen molar-refractivity contribution in [3.8, 4) is 0 Å². The number of aryl methyl sites for hydroxylation is 3. The maximum Gasteiger partial charge on any atom is 0.203 e. The van der Waals surface area contributed by atoms with Gasteiger partial charge in [-0.3, -0.25) is 4.68 Å². The number of anilines is 1. The largest absolute Gasteiger partial charge is 0.385 e. The highest BCUT2D eigenvalue weighted by atomic mass is 16.5. The molecule has 0 aromatic carbocycles. The van der Waals surface area contributed by atoms with Gasteiger partial charge >= 0.3 is 0 Å². The lowest BCUT2D eigenvalue weighted by Crippen LogP contribution is -2.11. The third-order valence-electron chi connectivity index (χ3n) is 3.05. The molecule has 0 radical (unpaired) electrons. The monoisotopic (exact) mass is 277 g/mol. The van der Waals surface area contributed by atoms with Crippen molar-refractivity contribution in [2.75, 3.05) is 25.6 Å². The zero-order chi connectivity index (χ0) is 14.2. The van der Waals surface area contributed by atoms with Gasteiger partial charge in [0.05, 0.1) is 5.69 Å². The van der Waals surface area contributed by atoms with Crippen LogP contribution in [-0.4, -0.2) is 39.6 Å². The van der Waals surface area contributed by atoms with E-state index in [1.807, 2.05) is 30.1 Å². The molecule has 0 spiro atoms. The maximum atomic E-state index is 5.04. The quantitative estimate of drug-likeness (QED) is 0.712. The molecule has 0 aliphatic carbocycles. The molecule has 2 heterocycles. The second kappa shape index (κ2) is 7.69. The Kier molecular flexibility index (Phi) is 5.61. The zero-order valence-corrected chi connectivity index (χ0v) is 12.2. The molecule has 6 nitrogen and oxygen atoms in total. The van der Waals surface area contributed by atoms with Gasteiger partial charge in [0.15, 0.2) is 0 Å². The summed E-state index contributed by atoms with van der Waals surface area (Å²) in [5.41, 5.74) is 1.04. The number of rotatable bonds is 9. The standard InChI is InChI=1S/C14H23N5O/c1-13-12-18(8-5-10-19-9-3-7-16-19)14(17-13)15-6-4-11-20-2/h3,7,9,12H,4-6,8,10-11H2,1-2H3,(H,15,17). The van der Waals surface area contributed by atoms with Gasteiger partial charge in [-0.25, -0.2) is 4.98 Å². The lowest BCUT2D eigenvalue weighted by atomic mass is 10.4. The molecular formula is C14H23N5O. The minimum atomic E-state index is 0.770. The van der Waals surface area contributed by atoms with Crippen LogP contribution >= 0.6 is 0 Å². The number of methoxy groups -OCH3 is 1. The van der Waals surface area contributed by atoms with E-state index in [0.717, 1.165) is 50.7 Å². The number of hydrogen-bond donors (Lipinski definition) is 1. The highest BCUT2D eigenvalue weighted by Gasteiger charge is 2.04. The van der Waals surface area contributed by atoms with E-state index >= 15 is 0 Å². The highest BCUT2D eigenvalue weighted by Crippen LogP contribution is 2.09. The average molecular weight is 277 g/mol. The van der Waals surface area contributed by atoms with Crippen LogP contribution < -0.4 is 5.32 Å². The van der Waals surface area contributed by atoms with Gasteiger partial charge in [0.25, 0.3) is 0 Å². The van der Waals surface area contributed by atoms with E-state index in [2.05, 4.69) is 26.2 Å². The molecule has 6 heteroatoms. The lowest BCUT2D eigenvalue weighted by molar-refractivity contribution is 0.197. The Morgan fingerprint density at radius 1 is 1.30 bits per heavy atom. The summed E-state index contributed by atoms with van der Waals surface area (Å²) in [6.07, 6.45) is 7.90. The zero-order valence-electron chi connectivity index (χ0n) is 12.2. The number of nitrogens with one attached hydrogen (secondary N) is 1. The lowest BCUT2D eigenvalue weighted by Gasteiger charge is -2.09. The molecule has 1 N–H and O–H groups in total. The minimum Gasteiger partial charge on any atom is -0.385 e. The van der Waals surface area contributed by atoms with Gasteiger partial charge in [0, 0.05) is 51.9 Å². The van der Waals surface area contributed by atoms with Gasteiger partial charge in [-0.05, 0) is 25.8 Å². The normalized spacial score (nSPS) is 10.9. The molecule has 110 valence electrons. The van der Waals surface area contributed by atoms with Crippen molar-refractivity contribution < 1.29 is 4.74 Å². The van der Waals surface area contributed by atoms with Crippen LogP contribution in [0.5, 0.6) is 0 Å². The van der Waals surface area contributed by atoms with Crippen LogP contribution in [0.4, 0.5) is 5.95 Å². The van der Waals surface area contributed by atoms with Crippen molar-refractivity contribution in [3.63, 3.8) is 0 Å². The van der Waals surface area contributed by atoms with E-state index in [0.29, 0.717) is 0 Å². The van der Waals surface area contributed by atoms with Crippen molar-refractivity contribution >= 4 is 5.95 Å². The van der Waals surface area contributed by atoms with E-state index in [4.69, 9.17) is 4.74 Å². The summed E-state index contributed by atoms with van der Waals surface area (Å²) in [6, 6.07) is 1.95. The van der Waals surface area contributed by atoms with Crippen LogP contribution in [0.1, 0.15) is 18.5 Å². The summed E-state index contributed by atoms with van der Waals surface area (Å²) in [6.45, 7) is 5.53. The number of aromatic nitrogens is 4. The van der Waals surface area contributed by atoms with Gasteiger partial charge in [-0.2, -0.15) is 5.10 Å². The third kappa shape index (κ3) is 4.38. The summed E-state index contributed by atoms with van der Waals surface area (Å²) in [7, 11) is 1.72. The van der Waals surface area contributed by atoms with Crippen molar-refractivity contribution in [1.29, 1.82) is 0 Å². The predicted molar refractivity (Wildman–Crippen MR) is 78.8 cm³/mol. The number of nitrogens with zero attached hydrogens (tertiary/aromatic N) is 4. The minimum absolute atomic E-state index is 0.770. The summed E-state index contributed by atoms with van der Waals surface area (Å²) in [5, 5.41) is 7.57. The fraction of sp³-hybridized carbons (Fsp3) is 0.571. The predicted octanol–water partition coefficient (Wildman–Crippen LogP) is 1.93. The second-order valence-corrected chi connectivity index (χ2v) is 4.80. The molecule has 0 saturated carbocycles. The van der Waals surface area contributed by atoms with Crippen LogP contribution in [0.2, 0.25) is 0 Å². The van der Waals surface area contributed by atoms with Gasteiger partial charge in [-0.15, -0.1) is 0 Å². The van der Waals surface area contributed by atoms with E-state index in [9.17, 15) is 0 Å². The van der Waals surface area contributed by atoms with Gasteiger partial charge in [0.1, 0.15) is 0 Å². The van der Waals surface area contributed by atoms with Crippen LogP contribution in [-0.2, 0) is 17.8 Å². The third-order valence-corrected chi connectivity index (χ3v) is 3.05. The van der Waals surface area contributed by atoms with Crippen molar-refractivity contribution in [2.45, 2.75) is 32.9 Å². The Bertz CT molecular complexity index is 492. The second-order valence-electron chi connectivity index (χ2n) is 4.80. The molecule has 2 aromatic heterocycles. The fourth-order valence-electron chi connectivity index (χ4n) is 2.11. The maximum absolute atomic E-state index is 5.04. The molecule has 2 aromatic rings. The Balaban J connectivity index is 1.80. The summed E-state index contributed by atoms with van der Waals surface area (Å²) >= 11 is 0. The number of hydrogen-bond acceptors (Lipinski definition) is 4. The molecular weight excluding hydrogens is 254 g/mol. The first-order chi connectivity index (χ1) is 9.79. The molecule has 0 saturated heterocycles. The molecule has 0 fully saturated rings. The Morgan fingerprint density at radius 2 is 2.20 bits per heavy atom. The summed E-state index contributed by atoms with van der Waals surface area (Å²) in [5.74, 6) is 0.944. The number of ether oxygens (including phenoxy) is 1. The van der Waals surface area contributed by atoms with Crippen molar-refractivity contribution in [1.82, 2.24) is 19.3 Å². The SMILES string of the molecule is COCCCNc1nc(C)cn1CCCn1cccn1. The Hall–Kier alpha value is -1.82. The first-order valence-corrected chi connectivity index (χ1v) is 7.03. The van der Waals surface area contributed by atoms with Crippen molar-refractivity contribution in [3.05, 3.63) is 30.4 Å².